The van der Waals surface area contributed by atoms with E-state index in [-0.39, 0.29) is 0 Å². The van der Waals surface area contributed by atoms with Gasteiger partial charge in [0.25, 0.3) is 10.0 Å². The van der Waals surface area contributed by atoms with Crippen LogP contribution in [0.5, 0.6) is 5.75 Å². The molecule has 0 spiro atoms. The summed E-state index contributed by atoms with van der Waals surface area (Å²) in [6.07, 6.45) is 2.54. The van der Waals surface area contributed by atoms with E-state index in [9.17, 15) is 8.42 Å². The van der Waals surface area contributed by atoms with Gasteiger partial charge in [-0.15, -0.1) is 11.3 Å². The van der Waals surface area contributed by atoms with Crippen molar-refractivity contribution < 1.29 is 13.2 Å². The van der Waals surface area contributed by atoms with Crippen molar-refractivity contribution in [3.63, 3.8) is 0 Å². The summed E-state index contributed by atoms with van der Waals surface area (Å²) in [6.45, 7) is 4.68. The van der Waals surface area contributed by atoms with Gasteiger partial charge in [0.1, 0.15) is 9.96 Å². The van der Waals surface area contributed by atoms with Crippen LogP contribution >= 0.6 is 11.3 Å². The zero-order chi connectivity index (χ0) is 16.7. The molecule has 23 heavy (non-hydrogen) atoms. The number of benzene rings is 1. The molecule has 6 heteroatoms. The number of sulfonamides is 1. The Labute approximate surface area is 142 Å². The van der Waals surface area contributed by atoms with Gasteiger partial charge in [0.2, 0.25) is 0 Å². The van der Waals surface area contributed by atoms with Crippen LogP contribution in [-0.4, -0.2) is 26.4 Å². The minimum atomic E-state index is -3.45. The second kappa shape index (κ2) is 8.47. The Balaban J connectivity index is 2.19. The Morgan fingerprint density at radius 2 is 1.91 bits per heavy atom. The Hall–Kier alpha value is -1.37. The highest BCUT2D eigenvalue weighted by Crippen LogP contribution is 2.24. The highest BCUT2D eigenvalue weighted by molar-refractivity contribution is 7.91. The van der Waals surface area contributed by atoms with Crippen molar-refractivity contribution in [2.75, 3.05) is 13.7 Å². The molecular weight excluding hydrogens is 330 g/mol. The second-order valence-electron chi connectivity index (χ2n) is 5.18. The molecule has 0 fully saturated rings. The zero-order valence-electron chi connectivity index (χ0n) is 13.3. The number of unbranched alkanes of at least 4 members (excludes halogenated alkanes) is 2. The summed E-state index contributed by atoms with van der Waals surface area (Å²) in [4.78, 5) is 0. The molecule has 0 N–H and O–H groups in total. The van der Waals surface area contributed by atoms with Gasteiger partial charge in [-0.1, -0.05) is 38.0 Å². The van der Waals surface area contributed by atoms with Crippen LogP contribution in [0, 0.1) is 6.92 Å². The van der Waals surface area contributed by atoms with Crippen molar-refractivity contribution in [1.82, 2.24) is 4.31 Å². The summed E-state index contributed by atoms with van der Waals surface area (Å²) in [5.41, 5.74) is 0.945. The predicted octanol–water partition coefficient (Wildman–Crippen LogP) is 3.95. The monoisotopic (exact) mass is 352 g/mol. The zero-order valence-corrected chi connectivity index (χ0v) is 14.9. The Morgan fingerprint density at radius 3 is 2.48 bits per heavy atom. The van der Waals surface area contributed by atoms with Crippen molar-refractivity contribution in [2.24, 2.45) is 0 Å². The number of nitrogens with zero attached hydrogens (tertiary/aromatic N) is 1. The molecule has 0 unspecified atom stereocenters. The van der Waals surface area contributed by atoms with E-state index in [1.165, 1.54) is 11.3 Å². The average molecular weight is 353 g/mol. The van der Waals surface area contributed by atoms with Crippen molar-refractivity contribution in [2.45, 2.75) is 30.0 Å². The number of methoxy groups -OCH3 is 1. The highest BCUT2D eigenvalue weighted by atomic mass is 32.2. The summed E-state index contributed by atoms with van der Waals surface area (Å²) < 4.78 is 32.7. The second-order valence-corrected chi connectivity index (χ2v) is 8.29. The summed E-state index contributed by atoms with van der Waals surface area (Å²) >= 11 is 1.25. The van der Waals surface area contributed by atoms with Crippen molar-refractivity contribution in [1.29, 1.82) is 0 Å². The average Bonchev–Trinajstić information content (AvgIpc) is 3.10. The van der Waals surface area contributed by atoms with Crippen molar-refractivity contribution >= 4 is 21.4 Å². The molecule has 0 saturated heterocycles. The van der Waals surface area contributed by atoms with E-state index in [4.69, 9.17) is 4.74 Å². The topological polar surface area (TPSA) is 46.6 Å². The van der Waals surface area contributed by atoms with Gasteiger partial charge in [0.05, 0.1) is 7.11 Å². The fourth-order valence-electron chi connectivity index (χ4n) is 2.22. The molecule has 0 saturated carbocycles. The smallest absolute Gasteiger partial charge is 0.252 e. The van der Waals surface area contributed by atoms with Crippen LogP contribution < -0.4 is 4.74 Å². The number of rotatable bonds is 9. The van der Waals surface area contributed by atoms with Gasteiger partial charge in [-0.25, -0.2) is 8.42 Å². The van der Waals surface area contributed by atoms with Gasteiger partial charge in [0.15, 0.2) is 0 Å². The molecule has 0 aliphatic carbocycles. The van der Waals surface area contributed by atoms with E-state index in [0.717, 1.165) is 30.6 Å². The third-order valence-corrected chi connectivity index (χ3v) is 6.73. The van der Waals surface area contributed by atoms with Crippen LogP contribution in [0.4, 0.5) is 0 Å². The van der Waals surface area contributed by atoms with E-state index in [0.29, 0.717) is 17.3 Å². The summed E-state index contributed by atoms with van der Waals surface area (Å²) in [5.74, 6) is 0.762. The van der Waals surface area contributed by atoms with E-state index >= 15 is 0 Å². The molecular formula is C17H22NO3S2. The Bertz CT molecular complexity index is 679. The predicted molar refractivity (Wildman–Crippen MR) is 94.1 cm³/mol. The maximum atomic E-state index is 12.8. The molecule has 1 heterocycles. The van der Waals surface area contributed by atoms with E-state index in [1.807, 2.05) is 24.3 Å². The molecule has 1 aromatic heterocycles. The van der Waals surface area contributed by atoms with Gasteiger partial charge < -0.3 is 4.74 Å². The van der Waals surface area contributed by atoms with Crippen LogP contribution in [0.2, 0.25) is 0 Å². The normalized spacial score (nSPS) is 11.8. The van der Waals surface area contributed by atoms with E-state index in [1.54, 1.807) is 28.9 Å². The largest absolute Gasteiger partial charge is 0.497 e. The standard InChI is InChI=1S/C17H22NO3S2/c1-3-4-5-12-18(23(19,20)17-7-6-13-22-17)14-15-8-10-16(21-2)11-9-15/h6-11,13H,1,3-5,12,14H2,2H3. The van der Waals surface area contributed by atoms with Crippen LogP contribution in [0.3, 0.4) is 0 Å². The fraction of sp³-hybridized carbons (Fsp3) is 0.353. The first kappa shape index (κ1) is 18.0. The number of hydrogen-bond donors (Lipinski definition) is 0. The quantitative estimate of drug-likeness (QED) is 0.642. The lowest BCUT2D eigenvalue weighted by Crippen LogP contribution is -2.31. The molecule has 1 aromatic carbocycles. The molecule has 2 aromatic rings. The summed E-state index contributed by atoms with van der Waals surface area (Å²) in [6, 6.07) is 10.9. The lowest BCUT2D eigenvalue weighted by molar-refractivity contribution is 0.395. The highest BCUT2D eigenvalue weighted by Gasteiger charge is 2.25. The first-order valence-electron chi connectivity index (χ1n) is 7.53. The minimum Gasteiger partial charge on any atom is -0.497 e. The maximum Gasteiger partial charge on any atom is 0.252 e. The molecule has 125 valence electrons. The molecule has 0 atom stereocenters. The van der Waals surface area contributed by atoms with Crippen molar-refractivity contribution in [3.05, 3.63) is 54.3 Å². The van der Waals surface area contributed by atoms with Gasteiger partial charge in [-0.2, -0.15) is 4.31 Å². The van der Waals surface area contributed by atoms with Gasteiger partial charge >= 0.3 is 0 Å². The van der Waals surface area contributed by atoms with Crippen LogP contribution in [0.1, 0.15) is 24.8 Å². The molecule has 0 amide bonds. The van der Waals surface area contributed by atoms with E-state index < -0.39 is 10.0 Å². The number of thiophene rings is 1. The molecule has 1 radical (unpaired) electrons. The number of ether oxygens (including phenoxy) is 1. The van der Waals surface area contributed by atoms with Gasteiger partial charge in [0, 0.05) is 13.1 Å². The van der Waals surface area contributed by atoms with E-state index in [2.05, 4.69) is 6.92 Å². The van der Waals surface area contributed by atoms with Crippen LogP contribution in [-0.2, 0) is 16.6 Å². The molecule has 0 aliphatic rings. The fourth-order valence-corrected chi connectivity index (χ4v) is 4.83. The Morgan fingerprint density at radius 1 is 1.17 bits per heavy atom. The Kier molecular flexibility index (Phi) is 6.62. The lowest BCUT2D eigenvalue weighted by Gasteiger charge is -2.21. The molecule has 2 rings (SSSR count). The molecule has 0 bridgehead atoms. The summed E-state index contributed by atoms with van der Waals surface area (Å²) in [7, 11) is -1.84. The van der Waals surface area contributed by atoms with Crippen LogP contribution in [0.15, 0.2) is 46.0 Å². The SMILES string of the molecule is [CH2]CCCCN(Cc1ccc(OC)cc1)S(=O)(=O)c1cccs1. The van der Waals surface area contributed by atoms with Gasteiger partial charge in [-0.05, 0) is 35.6 Å². The maximum absolute atomic E-state index is 12.8. The minimum absolute atomic E-state index is 0.362. The lowest BCUT2D eigenvalue weighted by atomic mass is 10.2. The third kappa shape index (κ3) is 4.80. The van der Waals surface area contributed by atoms with Gasteiger partial charge in [-0.3, -0.25) is 0 Å². The van der Waals surface area contributed by atoms with Crippen molar-refractivity contribution in [3.8, 4) is 5.75 Å². The third-order valence-electron chi connectivity index (χ3n) is 3.51. The number of hydrogen-bond acceptors (Lipinski definition) is 4. The summed E-state index contributed by atoms with van der Waals surface area (Å²) in [5, 5.41) is 1.79. The van der Waals surface area contributed by atoms with Crippen LogP contribution in [0.25, 0.3) is 0 Å². The molecule has 4 nitrogen and oxygen atoms in total. The first-order chi connectivity index (χ1) is 11.1. The first-order valence-corrected chi connectivity index (χ1v) is 9.85. The molecule has 0 aliphatic heterocycles.